The van der Waals surface area contributed by atoms with Gasteiger partial charge in [0.25, 0.3) is 0 Å². The topological polar surface area (TPSA) is 21.6 Å². The van der Waals surface area contributed by atoms with E-state index in [1.165, 1.54) is 5.56 Å². The highest BCUT2D eigenvalue weighted by molar-refractivity contribution is 6.30. The molecule has 0 aromatic heterocycles. The number of ether oxygens (including phenoxy) is 1. The molecule has 0 amide bonds. The van der Waals surface area contributed by atoms with E-state index >= 15 is 0 Å². The minimum Gasteiger partial charge on any atom is -0.493 e. The van der Waals surface area contributed by atoms with E-state index in [4.69, 9.17) is 16.3 Å². The third-order valence-corrected chi connectivity index (χ3v) is 2.86. The molecule has 0 spiro atoms. The van der Waals surface area contributed by atoms with Crippen molar-refractivity contribution in [1.82, 2.24) is 0 Å². The quantitative estimate of drug-likeness (QED) is 0.734. The molecule has 0 N–H and O–H groups in total. The van der Waals surface area contributed by atoms with Gasteiger partial charge >= 0.3 is 0 Å². The summed E-state index contributed by atoms with van der Waals surface area (Å²) in [5, 5.41) is 0.675. The molecular weight excluding hydrogens is 258 g/mol. The first-order valence-corrected chi connectivity index (χ1v) is 6.60. The van der Waals surface area contributed by atoms with Gasteiger partial charge in [0.15, 0.2) is 0 Å². The number of hydrogen-bond donors (Lipinski definition) is 0. The Hall–Kier alpha value is -1.80. The zero-order chi connectivity index (χ0) is 13.7. The fraction of sp³-hybridized carbons (Fsp3) is 0.188. The molecule has 0 heterocycles. The van der Waals surface area contributed by atoms with Crippen LogP contribution in [-0.2, 0) is 0 Å². The van der Waals surface area contributed by atoms with Gasteiger partial charge in [-0.15, -0.1) is 0 Å². The minimum absolute atomic E-state index is 0.618. The summed E-state index contributed by atoms with van der Waals surface area (Å²) < 4.78 is 5.55. The summed E-state index contributed by atoms with van der Waals surface area (Å²) in [5.74, 6) is 0.795. The fourth-order valence-corrected chi connectivity index (χ4v) is 1.94. The normalized spacial score (nSPS) is 10.9. The van der Waals surface area contributed by atoms with E-state index in [1.54, 1.807) is 6.21 Å². The van der Waals surface area contributed by atoms with E-state index in [1.807, 2.05) is 56.3 Å². The largest absolute Gasteiger partial charge is 0.493 e. The number of aryl methyl sites for hydroxylation is 1. The van der Waals surface area contributed by atoms with Gasteiger partial charge in [0, 0.05) is 16.8 Å². The summed E-state index contributed by atoms with van der Waals surface area (Å²) in [6.45, 7) is 4.62. The maximum absolute atomic E-state index is 6.01. The van der Waals surface area contributed by atoms with E-state index < -0.39 is 0 Å². The monoisotopic (exact) mass is 273 g/mol. The van der Waals surface area contributed by atoms with Gasteiger partial charge in [-0.2, -0.15) is 0 Å². The Morgan fingerprint density at radius 3 is 2.79 bits per heavy atom. The minimum atomic E-state index is 0.618. The highest BCUT2D eigenvalue weighted by Gasteiger charge is 2.02. The van der Waals surface area contributed by atoms with Crippen LogP contribution in [-0.4, -0.2) is 12.8 Å². The molecule has 2 nitrogen and oxygen atoms in total. The van der Waals surface area contributed by atoms with Crippen LogP contribution in [0.2, 0.25) is 5.02 Å². The molecule has 2 aromatic rings. The standard InChI is InChI=1S/C16H16ClNO/c1-3-19-16-8-7-14(17)10-13(16)11-18-15-6-4-5-12(2)9-15/h4-11H,3H2,1-2H3. The Morgan fingerprint density at radius 2 is 2.05 bits per heavy atom. The zero-order valence-corrected chi connectivity index (χ0v) is 11.8. The van der Waals surface area contributed by atoms with Crippen molar-refractivity contribution in [1.29, 1.82) is 0 Å². The molecule has 98 valence electrons. The predicted octanol–water partition coefficient (Wildman–Crippen LogP) is 4.80. The smallest absolute Gasteiger partial charge is 0.128 e. The molecule has 0 aliphatic heterocycles. The highest BCUT2D eigenvalue weighted by atomic mass is 35.5. The number of aliphatic imine (C=N–C) groups is 1. The van der Waals surface area contributed by atoms with Gasteiger partial charge in [-0.1, -0.05) is 23.7 Å². The molecule has 0 atom stereocenters. The SMILES string of the molecule is CCOc1ccc(Cl)cc1C=Nc1cccc(C)c1. The second-order valence-corrected chi connectivity index (χ2v) is 4.65. The molecule has 2 aromatic carbocycles. The maximum Gasteiger partial charge on any atom is 0.128 e. The van der Waals surface area contributed by atoms with Crippen LogP contribution in [0.3, 0.4) is 0 Å². The van der Waals surface area contributed by atoms with E-state index in [-0.39, 0.29) is 0 Å². The van der Waals surface area contributed by atoms with Gasteiger partial charge in [-0.3, -0.25) is 4.99 Å². The molecular formula is C16H16ClNO. The summed E-state index contributed by atoms with van der Waals surface area (Å²) in [6, 6.07) is 13.6. The van der Waals surface area contributed by atoms with Crippen molar-refractivity contribution in [3.8, 4) is 5.75 Å². The highest BCUT2D eigenvalue weighted by Crippen LogP contribution is 2.22. The number of nitrogens with zero attached hydrogens (tertiary/aromatic N) is 1. The summed E-state index contributed by atoms with van der Waals surface area (Å²) in [5.41, 5.74) is 2.99. The van der Waals surface area contributed by atoms with Crippen molar-refractivity contribution < 1.29 is 4.74 Å². The molecule has 19 heavy (non-hydrogen) atoms. The van der Waals surface area contributed by atoms with E-state index in [0.29, 0.717) is 11.6 Å². The van der Waals surface area contributed by atoms with Crippen LogP contribution in [0.5, 0.6) is 5.75 Å². The van der Waals surface area contributed by atoms with Crippen LogP contribution in [0.15, 0.2) is 47.5 Å². The summed E-state index contributed by atoms with van der Waals surface area (Å²) in [7, 11) is 0. The van der Waals surface area contributed by atoms with E-state index in [2.05, 4.69) is 4.99 Å². The molecule has 0 saturated carbocycles. The lowest BCUT2D eigenvalue weighted by Crippen LogP contribution is -1.95. The summed E-state index contributed by atoms with van der Waals surface area (Å²) in [6.07, 6.45) is 1.78. The first kappa shape index (κ1) is 13.6. The van der Waals surface area contributed by atoms with Gasteiger partial charge in [-0.05, 0) is 49.7 Å². The molecule has 2 rings (SSSR count). The second kappa shape index (κ2) is 6.39. The lowest BCUT2D eigenvalue weighted by atomic mass is 10.2. The van der Waals surface area contributed by atoms with Crippen molar-refractivity contribution in [2.45, 2.75) is 13.8 Å². The fourth-order valence-electron chi connectivity index (χ4n) is 1.76. The first-order chi connectivity index (χ1) is 9.19. The number of benzene rings is 2. The Labute approximate surface area is 118 Å². The zero-order valence-electron chi connectivity index (χ0n) is 11.1. The van der Waals surface area contributed by atoms with Crippen molar-refractivity contribution in [2.24, 2.45) is 4.99 Å². The van der Waals surface area contributed by atoms with Crippen LogP contribution in [0.25, 0.3) is 0 Å². The molecule has 0 aliphatic carbocycles. The van der Waals surface area contributed by atoms with Crippen molar-refractivity contribution in [3.63, 3.8) is 0 Å². The number of hydrogen-bond acceptors (Lipinski definition) is 2. The van der Waals surface area contributed by atoms with Gasteiger partial charge in [0.1, 0.15) is 5.75 Å². The Bertz CT molecular complexity index is 593. The first-order valence-electron chi connectivity index (χ1n) is 6.22. The molecule has 3 heteroatoms. The van der Waals surface area contributed by atoms with Crippen LogP contribution in [0.4, 0.5) is 5.69 Å². The predicted molar refractivity (Wildman–Crippen MR) is 81.1 cm³/mol. The van der Waals surface area contributed by atoms with Crippen molar-refractivity contribution in [3.05, 3.63) is 58.6 Å². The van der Waals surface area contributed by atoms with Crippen LogP contribution in [0.1, 0.15) is 18.1 Å². The molecule has 0 aliphatic rings. The third kappa shape index (κ3) is 3.83. The van der Waals surface area contributed by atoms with Gasteiger partial charge in [0.05, 0.1) is 12.3 Å². The summed E-state index contributed by atoms with van der Waals surface area (Å²) >= 11 is 6.01. The second-order valence-electron chi connectivity index (χ2n) is 4.21. The Balaban J connectivity index is 2.29. The Morgan fingerprint density at radius 1 is 1.21 bits per heavy atom. The third-order valence-electron chi connectivity index (χ3n) is 2.63. The van der Waals surface area contributed by atoms with Gasteiger partial charge in [0.2, 0.25) is 0 Å². The van der Waals surface area contributed by atoms with Crippen molar-refractivity contribution >= 4 is 23.5 Å². The lowest BCUT2D eigenvalue weighted by Gasteiger charge is -2.06. The average molecular weight is 274 g/mol. The molecule has 0 saturated heterocycles. The molecule has 0 radical (unpaired) electrons. The molecule has 0 fully saturated rings. The van der Waals surface area contributed by atoms with Crippen LogP contribution in [0, 0.1) is 6.92 Å². The van der Waals surface area contributed by atoms with Gasteiger partial charge in [-0.25, -0.2) is 0 Å². The lowest BCUT2D eigenvalue weighted by molar-refractivity contribution is 0.340. The van der Waals surface area contributed by atoms with E-state index in [0.717, 1.165) is 17.0 Å². The summed E-state index contributed by atoms with van der Waals surface area (Å²) in [4.78, 5) is 4.46. The Kier molecular flexibility index (Phi) is 4.58. The molecule has 0 unspecified atom stereocenters. The van der Waals surface area contributed by atoms with Crippen molar-refractivity contribution in [2.75, 3.05) is 6.61 Å². The maximum atomic E-state index is 6.01. The number of halogens is 1. The van der Waals surface area contributed by atoms with Gasteiger partial charge < -0.3 is 4.74 Å². The average Bonchev–Trinajstić information content (AvgIpc) is 2.39. The molecule has 0 bridgehead atoms. The number of rotatable bonds is 4. The van der Waals surface area contributed by atoms with E-state index in [9.17, 15) is 0 Å². The van der Waals surface area contributed by atoms with Crippen LogP contribution < -0.4 is 4.74 Å². The van der Waals surface area contributed by atoms with Crippen LogP contribution >= 0.6 is 11.6 Å².